The Kier molecular flexibility index (Phi) is 5.70. The van der Waals surface area contributed by atoms with Gasteiger partial charge in [-0.25, -0.2) is 9.97 Å². The second-order valence-corrected chi connectivity index (χ2v) is 8.59. The number of hydrogen-bond acceptors (Lipinski definition) is 7. The first-order chi connectivity index (χ1) is 13.6. The maximum Gasteiger partial charge on any atom is 0.230 e. The number of thiophene rings is 1. The molecule has 1 aliphatic rings. The number of pyridine rings is 1. The van der Waals surface area contributed by atoms with E-state index in [1.54, 1.807) is 28.9 Å². The topological polar surface area (TPSA) is 67.4 Å². The smallest absolute Gasteiger partial charge is 0.230 e. The number of carbonyl (C=O) groups is 1. The number of amides is 1. The van der Waals surface area contributed by atoms with Crippen LogP contribution in [0.2, 0.25) is 0 Å². The summed E-state index contributed by atoms with van der Waals surface area (Å²) < 4.78 is 5.77. The molecule has 1 amide bonds. The molecule has 1 N–H and O–H groups in total. The van der Waals surface area contributed by atoms with Crippen molar-refractivity contribution in [2.24, 2.45) is 0 Å². The molecule has 0 bridgehead atoms. The van der Waals surface area contributed by atoms with Crippen molar-refractivity contribution in [1.82, 2.24) is 9.97 Å². The zero-order chi connectivity index (χ0) is 19.5. The average Bonchev–Trinajstić information content (AvgIpc) is 3.33. The van der Waals surface area contributed by atoms with Crippen LogP contribution in [0.3, 0.4) is 0 Å². The van der Waals surface area contributed by atoms with Crippen molar-refractivity contribution in [2.45, 2.75) is 32.5 Å². The number of ether oxygens (including phenoxy) is 1. The van der Waals surface area contributed by atoms with E-state index in [2.05, 4.69) is 39.4 Å². The molecular formula is C20H22N4O2S2. The lowest BCUT2D eigenvalue weighted by molar-refractivity contribution is -0.115. The highest BCUT2D eigenvalue weighted by molar-refractivity contribution is 7.14. The van der Waals surface area contributed by atoms with Crippen LogP contribution in [0.25, 0.3) is 10.6 Å². The Balaban J connectivity index is 1.34. The van der Waals surface area contributed by atoms with Gasteiger partial charge in [0.15, 0.2) is 0 Å². The highest BCUT2D eigenvalue weighted by atomic mass is 32.1. The fraction of sp³-hybridized carbons (Fsp3) is 0.350. The van der Waals surface area contributed by atoms with Gasteiger partial charge in [0.25, 0.3) is 0 Å². The van der Waals surface area contributed by atoms with Gasteiger partial charge in [-0.3, -0.25) is 4.79 Å². The predicted octanol–water partition coefficient (Wildman–Crippen LogP) is 4.06. The lowest BCUT2D eigenvalue weighted by Gasteiger charge is -2.36. The first-order valence-electron chi connectivity index (χ1n) is 9.20. The maximum absolute atomic E-state index is 12.4. The van der Waals surface area contributed by atoms with E-state index in [0.29, 0.717) is 5.69 Å². The lowest BCUT2D eigenvalue weighted by Crippen LogP contribution is -2.45. The molecule has 0 saturated carbocycles. The third-order valence-electron chi connectivity index (χ3n) is 4.44. The van der Waals surface area contributed by atoms with Crippen molar-refractivity contribution in [1.29, 1.82) is 0 Å². The molecule has 1 aliphatic heterocycles. The molecule has 3 aromatic heterocycles. The van der Waals surface area contributed by atoms with E-state index in [1.807, 2.05) is 29.0 Å². The second-order valence-electron chi connectivity index (χ2n) is 6.95. The zero-order valence-corrected chi connectivity index (χ0v) is 17.4. The van der Waals surface area contributed by atoms with Crippen LogP contribution in [0.1, 0.15) is 19.5 Å². The van der Waals surface area contributed by atoms with Crippen LogP contribution in [0.4, 0.5) is 11.5 Å². The third-order valence-corrected chi connectivity index (χ3v) is 6.06. The Hall–Kier alpha value is -2.29. The molecule has 3 aromatic rings. The largest absolute Gasteiger partial charge is 0.372 e. The van der Waals surface area contributed by atoms with Crippen LogP contribution in [0.5, 0.6) is 0 Å². The molecule has 4 rings (SSSR count). The van der Waals surface area contributed by atoms with Crippen LogP contribution < -0.4 is 10.2 Å². The summed E-state index contributed by atoms with van der Waals surface area (Å²) in [6.45, 7) is 5.78. The third kappa shape index (κ3) is 4.57. The van der Waals surface area contributed by atoms with Crippen LogP contribution in [0.15, 0.2) is 40.5 Å². The van der Waals surface area contributed by atoms with E-state index < -0.39 is 0 Å². The predicted molar refractivity (Wildman–Crippen MR) is 114 cm³/mol. The maximum atomic E-state index is 12.4. The Bertz CT molecular complexity index is 914. The quantitative estimate of drug-likeness (QED) is 0.682. The van der Waals surface area contributed by atoms with Crippen molar-refractivity contribution in [3.63, 3.8) is 0 Å². The molecule has 0 spiro atoms. The molecule has 6 nitrogen and oxygen atoms in total. The van der Waals surface area contributed by atoms with Gasteiger partial charge in [0.05, 0.1) is 36.2 Å². The SMILES string of the molecule is C[C@H]1CN(c2ccc(NC(=O)Cc3csc(-c4ccsc4)n3)cn2)C[C@H](C)O1. The Morgan fingerprint density at radius 2 is 2.07 bits per heavy atom. The Morgan fingerprint density at radius 3 is 2.75 bits per heavy atom. The summed E-state index contributed by atoms with van der Waals surface area (Å²) in [4.78, 5) is 23.6. The first-order valence-corrected chi connectivity index (χ1v) is 11.0. The van der Waals surface area contributed by atoms with Crippen molar-refractivity contribution < 1.29 is 9.53 Å². The number of rotatable bonds is 5. The van der Waals surface area contributed by atoms with Gasteiger partial charge < -0.3 is 15.0 Å². The number of thiazole rings is 1. The second kappa shape index (κ2) is 8.38. The molecule has 1 saturated heterocycles. The molecule has 0 aliphatic carbocycles. The number of hydrogen-bond donors (Lipinski definition) is 1. The summed E-state index contributed by atoms with van der Waals surface area (Å²) in [5.74, 6) is 0.810. The van der Waals surface area contributed by atoms with Crippen LogP contribution in [0, 0.1) is 0 Å². The summed E-state index contributed by atoms with van der Waals surface area (Å²) in [5, 5.41) is 9.88. The molecular weight excluding hydrogens is 392 g/mol. The molecule has 1 fully saturated rings. The normalized spacial score (nSPS) is 19.6. The van der Waals surface area contributed by atoms with Gasteiger partial charge in [-0.05, 0) is 37.4 Å². The molecule has 4 heterocycles. The van der Waals surface area contributed by atoms with Gasteiger partial charge in [0.1, 0.15) is 10.8 Å². The number of aromatic nitrogens is 2. The fourth-order valence-electron chi connectivity index (χ4n) is 3.29. The van der Waals surface area contributed by atoms with Gasteiger partial charge in [0.2, 0.25) is 5.91 Å². The number of nitrogens with one attached hydrogen (secondary N) is 1. The van der Waals surface area contributed by atoms with Crippen molar-refractivity contribution >= 4 is 40.1 Å². The van der Waals surface area contributed by atoms with E-state index >= 15 is 0 Å². The van der Waals surface area contributed by atoms with E-state index in [-0.39, 0.29) is 24.5 Å². The molecule has 28 heavy (non-hydrogen) atoms. The number of morpholine rings is 1. The number of anilines is 2. The molecule has 8 heteroatoms. The van der Waals surface area contributed by atoms with E-state index in [1.165, 1.54) is 0 Å². The van der Waals surface area contributed by atoms with Gasteiger partial charge in [-0.15, -0.1) is 11.3 Å². The summed E-state index contributed by atoms with van der Waals surface area (Å²) in [6, 6.07) is 5.87. The average molecular weight is 415 g/mol. The fourth-order valence-corrected chi connectivity index (χ4v) is 4.82. The highest BCUT2D eigenvalue weighted by Crippen LogP contribution is 2.26. The van der Waals surface area contributed by atoms with E-state index in [9.17, 15) is 4.79 Å². The molecule has 0 unspecified atom stereocenters. The summed E-state index contributed by atoms with van der Waals surface area (Å²) in [7, 11) is 0. The number of nitrogens with zero attached hydrogens (tertiary/aromatic N) is 3. The molecule has 0 radical (unpaired) electrons. The number of carbonyl (C=O) groups excluding carboxylic acids is 1. The molecule has 2 atom stereocenters. The minimum atomic E-state index is -0.0923. The first kappa shape index (κ1) is 19.0. The van der Waals surface area contributed by atoms with Crippen LogP contribution in [-0.4, -0.2) is 41.2 Å². The van der Waals surface area contributed by atoms with Crippen molar-refractivity contribution in [2.75, 3.05) is 23.3 Å². The molecule has 146 valence electrons. The zero-order valence-electron chi connectivity index (χ0n) is 15.8. The monoisotopic (exact) mass is 414 g/mol. The Labute approximate surface area is 172 Å². The van der Waals surface area contributed by atoms with Gasteiger partial charge in [0, 0.05) is 29.4 Å². The van der Waals surface area contributed by atoms with Crippen molar-refractivity contribution in [3.8, 4) is 10.6 Å². The summed E-state index contributed by atoms with van der Waals surface area (Å²) in [6.07, 6.45) is 2.32. The minimum Gasteiger partial charge on any atom is -0.372 e. The van der Waals surface area contributed by atoms with E-state index in [0.717, 1.165) is 35.2 Å². The van der Waals surface area contributed by atoms with Crippen LogP contribution >= 0.6 is 22.7 Å². The Morgan fingerprint density at radius 1 is 1.25 bits per heavy atom. The summed E-state index contributed by atoms with van der Waals surface area (Å²) in [5.41, 5.74) is 2.58. The molecule has 0 aromatic carbocycles. The lowest BCUT2D eigenvalue weighted by atomic mass is 10.2. The van der Waals surface area contributed by atoms with Gasteiger partial charge >= 0.3 is 0 Å². The van der Waals surface area contributed by atoms with Crippen molar-refractivity contribution in [3.05, 3.63) is 46.2 Å². The van der Waals surface area contributed by atoms with Gasteiger partial charge in [-0.2, -0.15) is 11.3 Å². The minimum absolute atomic E-state index is 0.0923. The van der Waals surface area contributed by atoms with Gasteiger partial charge in [-0.1, -0.05) is 0 Å². The van der Waals surface area contributed by atoms with Crippen LogP contribution in [-0.2, 0) is 16.0 Å². The summed E-state index contributed by atoms with van der Waals surface area (Å²) >= 11 is 3.20. The highest BCUT2D eigenvalue weighted by Gasteiger charge is 2.23. The standard InChI is InChI=1S/C20H22N4O2S2/c1-13-9-24(10-14(2)26-13)18-4-3-16(8-21-18)22-19(25)7-17-12-28-20(23-17)15-5-6-27-11-15/h3-6,8,11-14H,7,9-10H2,1-2H3,(H,22,25)/t13-,14-/m0/s1. The van der Waals surface area contributed by atoms with E-state index in [4.69, 9.17) is 4.74 Å².